The first kappa shape index (κ1) is 11.9. The molecule has 0 spiro atoms. The van der Waals surface area contributed by atoms with Gasteiger partial charge in [-0.05, 0) is 26.2 Å². The van der Waals surface area contributed by atoms with E-state index in [1.807, 2.05) is 0 Å². The molecule has 0 rings (SSSR count). The summed E-state index contributed by atoms with van der Waals surface area (Å²) in [6, 6.07) is 0. The Kier molecular flexibility index (Phi) is 5.51. The maximum absolute atomic E-state index is 9.20. The molecule has 12 heavy (non-hydrogen) atoms. The fraction of sp³-hybridized carbons (Fsp3) is 1.00. The van der Waals surface area contributed by atoms with Gasteiger partial charge >= 0.3 is 0 Å². The van der Waals surface area contributed by atoms with Crippen LogP contribution in [-0.2, 0) is 4.74 Å². The van der Waals surface area contributed by atoms with E-state index >= 15 is 0 Å². The Bertz CT molecular complexity index is 103. The van der Waals surface area contributed by atoms with Crippen LogP contribution in [0.5, 0.6) is 0 Å². The van der Waals surface area contributed by atoms with Crippen LogP contribution < -0.4 is 0 Å². The Morgan fingerprint density at radius 1 is 1.25 bits per heavy atom. The van der Waals surface area contributed by atoms with Crippen molar-refractivity contribution in [1.82, 2.24) is 0 Å². The molecule has 0 aliphatic rings. The highest BCUT2D eigenvalue weighted by atomic mass is 16.6. The van der Waals surface area contributed by atoms with E-state index in [4.69, 9.17) is 4.74 Å². The summed E-state index contributed by atoms with van der Waals surface area (Å²) in [5, 5.41) is 9.20. The molecule has 0 aliphatic carbocycles. The molecule has 74 valence electrons. The second-order valence-electron chi connectivity index (χ2n) is 4.18. The topological polar surface area (TPSA) is 29.5 Å². The van der Waals surface area contributed by atoms with Gasteiger partial charge < -0.3 is 9.84 Å². The predicted octanol–water partition coefficient (Wildman–Crippen LogP) is 2.56. The van der Waals surface area contributed by atoms with Crippen molar-refractivity contribution in [3.63, 3.8) is 0 Å². The van der Waals surface area contributed by atoms with E-state index in [1.165, 1.54) is 12.8 Å². The molecule has 0 saturated carbocycles. The minimum atomic E-state index is -0.960. The summed E-state index contributed by atoms with van der Waals surface area (Å²) in [4.78, 5) is 0. The summed E-state index contributed by atoms with van der Waals surface area (Å²) in [5.41, 5.74) is 0. The first-order chi connectivity index (χ1) is 5.42. The average Bonchev–Trinajstić information content (AvgIpc) is 1.83. The molecule has 0 amide bonds. The number of rotatable bonds is 6. The van der Waals surface area contributed by atoms with Gasteiger partial charge in [-0.25, -0.2) is 0 Å². The number of hydrogen-bond donors (Lipinski definition) is 1. The smallest absolute Gasteiger partial charge is 0.159 e. The van der Waals surface area contributed by atoms with Gasteiger partial charge in [0.1, 0.15) is 0 Å². The van der Waals surface area contributed by atoms with E-state index in [0.717, 1.165) is 12.3 Å². The third-order valence-corrected chi connectivity index (χ3v) is 1.63. The Morgan fingerprint density at radius 2 is 1.83 bits per heavy atom. The van der Waals surface area contributed by atoms with E-state index in [1.54, 1.807) is 13.8 Å². The minimum absolute atomic E-state index is 0.663. The molecular weight excluding hydrogens is 152 g/mol. The van der Waals surface area contributed by atoms with Crippen molar-refractivity contribution >= 4 is 0 Å². The van der Waals surface area contributed by atoms with Crippen molar-refractivity contribution in [2.45, 2.75) is 52.7 Å². The van der Waals surface area contributed by atoms with Gasteiger partial charge in [-0.15, -0.1) is 0 Å². The van der Waals surface area contributed by atoms with Crippen LogP contribution in [0, 0.1) is 5.92 Å². The highest BCUT2D eigenvalue weighted by molar-refractivity contribution is 4.50. The number of ether oxygens (including phenoxy) is 1. The van der Waals surface area contributed by atoms with Crippen molar-refractivity contribution in [2.75, 3.05) is 6.61 Å². The first-order valence-corrected chi connectivity index (χ1v) is 4.78. The van der Waals surface area contributed by atoms with Crippen molar-refractivity contribution in [3.05, 3.63) is 0 Å². The van der Waals surface area contributed by atoms with Gasteiger partial charge in [0.05, 0.1) is 0 Å². The summed E-state index contributed by atoms with van der Waals surface area (Å²) in [6.07, 6.45) is 3.48. The zero-order valence-corrected chi connectivity index (χ0v) is 8.76. The summed E-state index contributed by atoms with van der Waals surface area (Å²) in [6.45, 7) is 8.43. The summed E-state index contributed by atoms with van der Waals surface area (Å²) >= 11 is 0. The second kappa shape index (κ2) is 5.55. The molecule has 1 N–H and O–H groups in total. The van der Waals surface area contributed by atoms with Gasteiger partial charge in [-0.1, -0.05) is 26.7 Å². The maximum Gasteiger partial charge on any atom is 0.159 e. The third kappa shape index (κ3) is 9.92. The molecule has 0 unspecified atom stereocenters. The Balaban J connectivity index is 3.12. The average molecular weight is 174 g/mol. The Hall–Kier alpha value is -0.0800. The van der Waals surface area contributed by atoms with E-state index in [2.05, 4.69) is 13.8 Å². The highest BCUT2D eigenvalue weighted by Crippen LogP contribution is 2.08. The molecular formula is C10H22O2. The molecule has 2 nitrogen and oxygen atoms in total. The van der Waals surface area contributed by atoms with Crippen LogP contribution in [0.15, 0.2) is 0 Å². The van der Waals surface area contributed by atoms with Crippen LogP contribution in [0.25, 0.3) is 0 Å². The van der Waals surface area contributed by atoms with Crippen LogP contribution in [-0.4, -0.2) is 17.5 Å². The standard InChI is InChI=1S/C10H22O2/c1-9(2)7-5-6-8-12-10(3,4)11/h9,11H,5-8H2,1-4H3. The molecule has 0 aromatic heterocycles. The van der Waals surface area contributed by atoms with Crippen LogP contribution in [0.1, 0.15) is 47.0 Å². The normalized spacial score (nSPS) is 12.5. The molecule has 0 bridgehead atoms. The van der Waals surface area contributed by atoms with Crippen molar-refractivity contribution in [3.8, 4) is 0 Å². The van der Waals surface area contributed by atoms with Gasteiger partial charge in [0.25, 0.3) is 0 Å². The molecule has 0 aromatic rings. The maximum atomic E-state index is 9.20. The molecule has 0 atom stereocenters. The zero-order chi connectivity index (χ0) is 9.61. The Morgan fingerprint density at radius 3 is 2.25 bits per heavy atom. The van der Waals surface area contributed by atoms with Crippen molar-refractivity contribution < 1.29 is 9.84 Å². The monoisotopic (exact) mass is 174 g/mol. The third-order valence-electron chi connectivity index (χ3n) is 1.63. The number of unbranched alkanes of at least 4 members (excludes halogenated alkanes) is 1. The SMILES string of the molecule is CC(C)CCCCOC(C)(C)O. The number of aliphatic hydroxyl groups is 1. The van der Waals surface area contributed by atoms with Gasteiger partial charge in [0, 0.05) is 6.61 Å². The lowest BCUT2D eigenvalue weighted by atomic mass is 10.1. The fourth-order valence-electron chi connectivity index (χ4n) is 0.977. The molecule has 0 fully saturated rings. The number of hydrogen-bond acceptors (Lipinski definition) is 2. The lowest BCUT2D eigenvalue weighted by molar-refractivity contribution is -0.176. The van der Waals surface area contributed by atoms with Crippen LogP contribution in [0.3, 0.4) is 0 Å². The predicted molar refractivity (Wildman–Crippen MR) is 50.9 cm³/mol. The lowest BCUT2D eigenvalue weighted by Gasteiger charge is -2.17. The van der Waals surface area contributed by atoms with Crippen molar-refractivity contribution in [1.29, 1.82) is 0 Å². The quantitative estimate of drug-likeness (QED) is 0.495. The lowest BCUT2D eigenvalue weighted by Crippen LogP contribution is -2.23. The molecule has 2 heteroatoms. The van der Waals surface area contributed by atoms with Gasteiger partial charge in [-0.3, -0.25) is 0 Å². The van der Waals surface area contributed by atoms with E-state index in [9.17, 15) is 5.11 Å². The van der Waals surface area contributed by atoms with Gasteiger partial charge in [0.15, 0.2) is 5.79 Å². The first-order valence-electron chi connectivity index (χ1n) is 4.78. The van der Waals surface area contributed by atoms with E-state index in [0.29, 0.717) is 6.61 Å². The van der Waals surface area contributed by atoms with Crippen LogP contribution in [0.2, 0.25) is 0 Å². The van der Waals surface area contributed by atoms with Crippen molar-refractivity contribution in [2.24, 2.45) is 5.92 Å². The summed E-state index contributed by atoms with van der Waals surface area (Å²) in [5.74, 6) is -0.190. The van der Waals surface area contributed by atoms with E-state index in [-0.39, 0.29) is 0 Å². The van der Waals surface area contributed by atoms with Gasteiger partial charge in [0.2, 0.25) is 0 Å². The summed E-state index contributed by atoms with van der Waals surface area (Å²) < 4.78 is 5.17. The van der Waals surface area contributed by atoms with Crippen LogP contribution in [0.4, 0.5) is 0 Å². The molecule has 0 heterocycles. The minimum Gasteiger partial charge on any atom is -0.366 e. The molecule has 0 radical (unpaired) electrons. The summed E-state index contributed by atoms with van der Waals surface area (Å²) in [7, 11) is 0. The highest BCUT2D eigenvalue weighted by Gasteiger charge is 2.10. The van der Waals surface area contributed by atoms with Gasteiger partial charge in [-0.2, -0.15) is 0 Å². The molecule has 0 aromatic carbocycles. The Labute approximate surface area is 75.9 Å². The van der Waals surface area contributed by atoms with Crippen LogP contribution >= 0.6 is 0 Å². The zero-order valence-electron chi connectivity index (χ0n) is 8.76. The fourth-order valence-corrected chi connectivity index (χ4v) is 0.977. The molecule has 0 aliphatic heterocycles. The largest absolute Gasteiger partial charge is 0.366 e. The second-order valence-corrected chi connectivity index (χ2v) is 4.18. The van der Waals surface area contributed by atoms with E-state index < -0.39 is 5.79 Å². The molecule has 0 saturated heterocycles.